The van der Waals surface area contributed by atoms with Gasteiger partial charge in [0.2, 0.25) is 0 Å². The summed E-state index contributed by atoms with van der Waals surface area (Å²) in [6.07, 6.45) is 0. The second-order valence-electron chi connectivity index (χ2n) is 7.66. The molecule has 0 atom stereocenters. The van der Waals surface area contributed by atoms with Gasteiger partial charge in [-0.15, -0.1) is 20.2 Å². The SMILES string of the molecule is CC(=[N+]=S)N(C)C.CC(=[N+]=S)N(C)C.CC(=[N+]=S)N(C)C.CC(=[N+]=S)N(C)C.CC(=[N+]=S)N(C)C.[F-].[F-].[F-].[F-].[F-]. The lowest BCUT2D eigenvalue weighted by Gasteiger charge is -1.93. The first-order valence-corrected chi connectivity index (χ1v) is 11.9. The van der Waals surface area contributed by atoms with Gasteiger partial charge in [-0.2, -0.15) is 0 Å². The third-order valence-electron chi connectivity index (χ3n) is 3.90. The minimum Gasteiger partial charge on any atom is -1.00 e. The Labute approximate surface area is 263 Å². The summed E-state index contributed by atoms with van der Waals surface area (Å²) in [5, 5.41) is 0. The van der Waals surface area contributed by atoms with Crippen LogP contribution in [0.15, 0.2) is 0 Å². The summed E-state index contributed by atoms with van der Waals surface area (Å²) in [7, 11) is 19.1. The highest BCUT2D eigenvalue weighted by Crippen LogP contribution is 1.71. The zero-order valence-electron chi connectivity index (χ0n) is 25.9. The van der Waals surface area contributed by atoms with Gasteiger partial charge in [0, 0.05) is 0 Å². The molecule has 0 aromatic heterocycles. The Morgan fingerprint density at radius 1 is 0.300 bits per heavy atom. The smallest absolute Gasteiger partial charge is 0.359 e. The van der Waals surface area contributed by atoms with E-state index in [4.69, 9.17) is 0 Å². The molecule has 0 N–H and O–H groups in total. The van der Waals surface area contributed by atoms with Crippen molar-refractivity contribution >= 4 is 91.3 Å². The number of amidine groups is 5. The lowest BCUT2D eigenvalue weighted by Crippen LogP contribution is -3.00. The maximum atomic E-state index is 4.40. The summed E-state index contributed by atoms with van der Waals surface area (Å²) < 4.78 is 17.6. The van der Waals surface area contributed by atoms with E-state index in [1.54, 1.807) is 0 Å². The third kappa shape index (κ3) is 56.0. The van der Waals surface area contributed by atoms with Crippen LogP contribution in [-0.2, 0) is 62.1 Å². The molecule has 0 heterocycles. The standard InChI is InChI=1S/5C4H9N2S.5FH/c5*1-4(5-7)6(2)3;;;;;/h5*1-3H3;5*1H/q5*+1;;;;;/p-5. The molecule has 40 heavy (non-hydrogen) atoms. The van der Waals surface area contributed by atoms with Gasteiger partial charge in [0.25, 0.3) is 62.1 Å². The van der Waals surface area contributed by atoms with Crippen molar-refractivity contribution in [2.45, 2.75) is 34.6 Å². The van der Waals surface area contributed by atoms with E-state index in [0.29, 0.717) is 0 Å². The minimum atomic E-state index is 0. The van der Waals surface area contributed by atoms with Crippen molar-refractivity contribution in [1.82, 2.24) is 44.7 Å². The molecule has 0 radical (unpaired) electrons. The molecule has 0 aromatic rings. The highest BCUT2D eigenvalue weighted by Gasteiger charge is 2.01. The van der Waals surface area contributed by atoms with Crippen molar-refractivity contribution in [2.24, 2.45) is 0 Å². The molecule has 0 rings (SSSR count). The first-order valence-electron chi connectivity index (χ1n) is 10.1. The van der Waals surface area contributed by atoms with Crippen molar-refractivity contribution < 1.29 is 23.5 Å². The average Bonchev–Trinajstić information content (AvgIpc) is 2.82. The molecular formula is C20H45F5N10S5. The molecule has 0 aliphatic rings. The van der Waals surface area contributed by atoms with Crippen LogP contribution in [0.5, 0.6) is 0 Å². The lowest BCUT2D eigenvalue weighted by atomic mass is 10.6. The molecule has 20 heteroatoms. The average molecular weight is 681 g/mol. The Kier molecular flexibility index (Phi) is 72.3. The van der Waals surface area contributed by atoms with Crippen molar-refractivity contribution in [1.29, 1.82) is 0 Å². The Hall–Kier alpha value is -2.35. The number of nitrogens with zero attached hydrogens (tertiary/aromatic N) is 10. The molecule has 0 unspecified atom stereocenters. The number of hydrogen-bond donors (Lipinski definition) is 0. The van der Waals surface area contributed by atoms with Gasteiger partial charge in [-0.1, -0.05) is 0 Å². The van der Waals surface area contributed by atoms with Gasteiger partial charge in [-0.3, -0.25) is 24.5 Å². The Bertz CT molecular complexity index is 696. The fraction of sp³-hybridized carbons (Fsp3) is 0.750. The molecule has 10 nitrogen and oxygen atoms in total. The van der Waals surface area contributed by atoms with Crippen molar-refractivity contribution in [3.05, 3.63) is 0 Å². The number of rotatable bonds is 0. The van der Waals surface area contributed by atoms with Crippen LogP contribution in [0.1, 0.15) is 34.6 Å². The normalized spacial score (nSPS) is 6.38. The van der Waals surface area contributed by atoms with Crippen LogP contribution in [0.4, 0.5) is 0 Å². The topological polar surface area (TPSA) is 86.7 Å². The van der Waals surface area contributed by atoms with Crippen molar-refractivity contribution in [2.75, 3.05) is 70.5 Å². The molecule has 0 bridgehead atoms. The molecule has 0 aliphatic heterocycles. The Morgan fingerprint density at radius 2 is 0.375 bits per heavy atom. The maximum Gasteiger partial charge on any atom is 0.359 e. The van der Waals surface area contributed by atoms with Crippen LogP contribution in [0.25, 0.3) is 0 Å². The van der Waals surface area contributed by atoms with Gasteiger partial charge in [-0.05, 0) is 0 Å². The Morgan fingerprint density at radius 3 is 0.375 bits per heavy atom. The summed E-state index contributed by atoms with van der Waals surface area (Å²) in [5.41, 5.74) is 0. The van der Waals surface area contributed by atoms with Gasteiger partial charge < -0.3 is 23.5 Å². The molecule has 240 valence electrons. The third-order valence-corrected chi connectivity index (χ3v) is 5.22. The second kappa shape index (κ2) is 43.7. The molecule has 0 spiro atoms. The summed E-state index contributed by atoms with van der Waals surface area (Å²) in [4.78, 5) is 9.34. The molecule has 0 amide bonds. The van der Waals surface area contributed by atoms with Gasteiger partial charge in [0.05, 0.1) is 105 Å². The van der Waals surface area contributed by atoms with Gasteiger partial charge in [0.1, 0.15) is 0 Å². The van der Waals surface area contributed by atoms with E-state index in [9.17, 15) is 0 Å². The highest BCUT2D eigenvalue weighted by atomic mass is 32.1. The van der Waals surface area contributed by atoms with E-state index in [1.807, 2.05) is 130 Å². The van der Waals surface area contributed by atoms with E-state index < -0.39 is 0 Å². The maximum absolute atomic E-state index is 4.40. The van der Waals surface area contributed by atoms with Crippen molar-refractivity contribution in [3.8, 4) is 0 Å². The molecule has 0 aliphatic carbocycles. The number of halogens is 5. The first-order chi connectivity index (χ1) is 15.9. The largest absolute Gasteiger partial charge is 1.00 e. The van der Waals surface area contributed by atoms with Crippen LogP contribution in [-0.4, -0.2) is 124 Å². The molecule has 0 saturated heterocycles. The predicted molar refractivity (Wildman–Crippen MR) is 169 cm³/mol. The van der Waals surface area contributed by atoms with Gasteiger partial charge in [-0.25, -0.2) is 0 Å². The minimum absolute atomic E-state index is 0. The monoisotopic (exact) mass is 680 g/mol. The summed E-state index contributed by atoms with van der Waals surface area (Å²) in [5.74, 6) is 4.35. The quantitative estimate of drug-likeness (QED) is 0.107. The highest BCUT2D eigenvalue weighted by molar-refractivity contribution is 7.47. The van der Waals surface area contributed by atoms with Gasteiger partial charge >= 0.3 is 29.2 Å². The molecule has 0 aromatic carbocycles. The van der Waals surface area contributed by atoms with E-state index in [2.05, 4.69) is 82.3 Å². The van der Waals surface area contributed by atoms with Crippen LogP contribution in [0.3, 0.4) is 0 Å². The summed E-state index contributed by atoms with van der Waals surface area (Å²) in [6.45, 7) is 9.34. The second-order valence-corrected chi connectivity index (χ2v) is 8.58. The van der Waals surface area contributed by atoms with Crippen LogP contribution < -0.4 is 43.7 Å². The fourth-order valence-corrected chi connectivity index (χ4v) is 1.22. The summed E-state index contributed by atoms with van der Waals surface area (Å²) >= 11 is 22.0. The molecule has 0 saturated carbocycles. The zero-order chi connectivity index (χ0) is 29.3. The van der Waals surface area contributed by atoms with E-state index in [0.717, 1.165) is 29.2 Å². The predicted octanol–water partition coefficient (Wildman–Crippen LogP) is -16.2. The zero-order valence-corrected chi connectivity index (χ0v) is 30.0. The van der Waals surface area contributed by atoms with Gasteiger partial charge in [0.15, 0.2) is 0 Å². The van der Waals surface area contributed by atoms with Crippen LogP contribution in [0.2, 0.25) is 0 Å². The fourth-order valence-electron chi connectivity index (χ4n) is 0.408. The van der Waals surface area contributed by atoms with E-state index in [1.165, 1.54) is 0 Å². The van der Waals surface area contributed by atoms with E-state index in [-0.39, 0.29) is 23.5 Å². The molecular weight excluding hydrogens is 636 g/mol. The lowest BCUT2D eigenvalue weighted by molar-refractivity contribution is -0.00100. The summed E-state index contributed by atoms with van der Waals surface area (Å²) in [6, 6.07) is 0. The van der Waals surface area contributed by atoms with E-state index >= 15 is 0 Å². The van der Waals surface area contributed by atoms with Crippen molar-refractivity contribution in [3.63, 3.8) is 0 Å². The number of hydrogen-bond acceptors (Lipinski definition) is 5. The molecule has 0 fully saturated rings. The Balaban J connectivity index is -0.0000000341. The van der Waals surface area contributed by atoms with Crippen LogP contribution in [0, 0.1) is 0 Å². The first kappa shape index (κ1) is 66.1. The van der Waals surface area contributed by atoms with Crippen LogP contribution >= 0.6 is 0 Å².